The van der Waals surface area contributed by atoms with Crippen LogP contribution in [0.3, 0.4) is 0 Å². The van der Waals surface area contributed by atoms with Gasteiger partial charge in [0.1, 0.15) is 0 Å². The number of ether oxygens (including phenoxy) is 1. The molecule has 4 nitrogen and oxygen atoms in total. The van der Waals surface area contributed by atoms with Crippen molar-refractivity contribution in [3.8, 4) is 0 Å². The van der Waals surface area contributed by atoms with E-state index in [1.165, 1.54) is 0 Å². The summed E-state index contributed by atoms with van der Waals surface area (Å²) in [6, 6.07) is 3.60. The molecule has 1 aliphatic rings. The Morgan fingerprint density at radius 1 is 1.33 bits per heavy atom. The zero-order valence-electron chi connectivity index (χ0n) is 9.46. The molecule has 0 fully saturated rings. The number of anilines is 1. The van der Waals surface area contributed by atoms with Crippen LogP contribution in [0.5, 0.6) is 0 Å². The summed E-state index contributed by atoms with van der Waals surface area (Å²) in [7, 11) is 0. The fourth-order valence-corrected chi connectivity index (χ4v) is 2.59. The molecule has 0 saturated carbocycles. The van der Waals surface area contributed by atoms with Crippen LogP contribution in [0.2, 0.25) is 10.0 Å². The molecule has 6 heteroatoms. The van der Waals surface area contributed by atoms with E-state index in [-0.39, 0.29) is 0 Å². The van der Waals surface area contributed by atoms with Crippen LogP contribution < -0.4 is 11.3 Å². The number of nitrogens with two attached hydrogens (primary N) is 1. The molecule has 1 aromatic carbocycles. The van der Waals surface area contributed by atoms with Crippen LogP contribution >= 0.6 is 23.2 Å². The Kier molecular flexibility index (Phi) is 3.03. The molecule has 94 valence electrons. The van der Waals surface area contributed by atoms with Crippen LogP contribution in [0, 0.1) is 0 Å². The summed E-state index contributed by atoms with van der Waals surface area (Å²) in [5.74, 6) is 5.62. The van der Waals surface area contributed by atoms with E-state index in [0.717, 1.165) is 28.8 Å². The van der Waals surface area contributed by atoms with E-state index in [2.05, 4.69) is 10.4 Å². The Balaban J connectivity index is 2.40. The number of hydrazine groups is 1. The Bertz CT molecular complexity index is 630. The summed E-state index contributed by atoms with van der Waals surface area (Å²) >= 11 is 12.2. The third-order valence-corrected chi connectivity index (χ3v) is 3.90. The lowest BCUT2D eigenvalue weighted by Gasteiger charge is -2.21. The summed E-state index contributed by atoms with van der Waals surface area (Å²) < 4.78 is 5.45. The van der Waals surface area contributed by atoms with Crippen molar-refractivity contribution in [2.75, 3.05) is 12.0 Å². The van der Waals surface area contributed by atoms with Crippen molar-refractivity contribution in [1.82, 2.24) is 4.98 Å². The van der Waals surface area contributed by atoms with Gasteiger partial charge in [-0.1, -0.05) is 23.2 Å². The second-order valence-electron chi connectivity index (χ2n) is 4.12. The predicted octanol–water partition coefficient (Wildman–Crippen LogP) is 2.90. The molecule has 0 aliphatic carbocycles. The first-order valence-electron chi connectivity index (χ1n) is 5.56. The lowest BCUT2D eigenvalue weighted by molar-refractivity contribution is 0.110. The number of nitrogens with one attached hydrogen (secondary N) is 1. The molecule has 0 unspecified atom stereocenters. The van der Waals surface area contributed by atoms with Crippen molar-refractivity contribution in [3.63, 3.8) is 0 Å². The number of benzene rings is 1. The maximum absolute atomic E-state index is 6.20. The van der Waals surface area contributed by atoms with Gasteiger partial charge in [-0.3, -0.25) is 10.8 Å². The van der Waals surface area contributed by atoms with Gasteiger partial charge in [-0.2, -0.15) is 0 Å². The summed E-state index contributed by atoms with van der Waals surface area (Å²) in [6.07, 6.45) is 0.753. The number of hydrogen-bond donors (Lipinski definition) is 2. The largest absolute Gasteiger partial charge is 0.376 e. The van der Waals surface area contributed by atoms with Gasteiger partial charge in [0.05, 0.1) is 40.2 Å². The number of pyridine rings is 1. The number of hydrogen-bond acceptors (Lipinski definition) is 4. The average molecular weight is 284 g/mol. The first-order valence-corrected chi connectivity index (χ1v) is 6.31. The van der Waals surface area contributed by atoms with E-state index in [9.17, 15) is 0 Å². The Morgan fingerprint density at radius 3 is 2.94 bits per heavy atom. The van der Waals surface area contributed by atoms with Crippen molar-refractivity contribution in [1.29, 1.82) is 0 Å². The Hall–Kier alpha value is -1.07. The molecule has 2 aromatic rings. The highest BCUT2D eigenvalue weighted by Crippen LogP contribution is 2.36. The Labute approximate surface area is 114 Å². The molecule has 18 heavy (non-hydrogen) atoms. The van der Waals surface area contributed by atoms with E-state index in [4.69, 9.17) is 33.8 Å². The molecule has 0 bridgehead atoms. The summed E-state index contributed by atoms with van der Waals surface area (Å²) in [5.41, 5.74) is 6.17. The number of halogens is 2. The van der Waals surface area contributed by atoms with Crippen LogP contribution in [0.4, 0.5) is 5.69 Å². The first kappa shape index (κ1) is 12.0. The highest BCUT2D eigenvalue weighted by atomic mass is 35.5. The van der Waals surface area contributed by atoms with Crippen LogP contribution in [-0.2, 0) is 17.8 Å². The van der Waals surface area contributed by atoms with Crippen molar-refractivity contribution in [2.45, 2.75) is 13.0 Å². The summed E-state index contributed by atoms with van der Waals surface area (Å²) in [4.78, 5) is 4.59. The quantitative estimate of drug-likeness (QED) is 0.624. The van der Waals surface area contributed by atoms with Crippen molar-refractivity contribution >= 4 is 39.8 Å². The van der Waals surface area contributed by atoms with Crippen LogP contribution in [0.25, 0.3) is 10.9 Å². The predicted molar refractivity (Wildman–Crippen MR) is 72.9 cm³/mol. The minimum atomic E-state index is 0.458. The second kappa shape index (κ2) is 4.55. The zero-order valence-corrected chi connectivity index (χ0v) is 11.0. The summed E-state index contributed by atoms with van der Waals surface area (Å²) in [5, 5.41) is 1.81. The molecular weight excluding hydrogens is 273 g/mol. The third-order valence-electron chi connectivity index (χ3n) is 3.11. The number of nitrogens with zero attached hydrogens (tertiary/aromatic N) is 1. The molecule has 0 atom stereocenters. The van der Waals surface area contributed by atoms with Crippen molar-refractivity contribution in [3.05, 3.63) is 33.4 Å². The van der Waals surface area contributed by atoms with Gasteiger partial charge in [0.15, 0.2) is 0 Å². The number of nitrogen functional groups attached to an aromatic ring is 1. The average Bonchev–Trinajstić information content (AvgIpc) is 2.41. The molecule has 3 N–H and O–H groups in total. The fraction of sp³-hybridized carbons (Fsp3) is 0.250. The molecule has 0 amide bonds. The van der Waals surface area contributed by atoms with Gasteiger partial charge in [0, 0.05) is 17.4 Å². The van der Waals surface area contributed by atoms with Crippen molar-refractivity contribution in [2.24, 2.45) is 5.84 Å². The minimum absolute atomic E-state index is 0.458. The van der Waals surface area contributed by atoms with Gasteiger partial charge in [0.25, 0.3) is 0 Å². The molecule has 1 aliphatic heterocycles. The molecule has 1 aromatic heterocycles. The lowest BCUT2D eigenvalue weighted by atomic mass is 10.0. The van der Waals surface area contributed by atoms with Gasteiger partial charge >= 0.3 is 0 Å². The molecule has 0 radical (unpaired) electrons. The van der Waals surface area contributed by atoms with Crippen LogP contribution in [-0.4, -0.2) is 11.6 Å². The molecule has 0 spiro atoms. The second-order valence-corrected chi connectivity index (χ2v) is 4.90. The maximum atomic E-state index is 6.20. The van der Waals surface area contributed by atoms with E-state index < -0.39 is 0 Å². The van der Waals surface area contributed by atoms with Gasteiger partial charge in [-0.15, -0.1) is 0 Å². The van der Waals surface area contributed by atoms with E-state index >= 15 is 0 Å². The van der Waals surface area contributed by atoms with Gasteiger partial charge < -0.3 is 10.2 Å². The normalized spacial score (nSPS) is 14.6. The van der Waals surface area contributed by atoms with Gasteiger partial charge in [0.2, 0.25) is 0 Å². The zero-order chi connectivity index (χ0) is 12.7. The van der Waals surface area contributed by atoms with Gasteiger partial charge in [-0.05, 0) is 12.1 Å². The SMILES string of the molecule is NNc1c2c(nc3c(Cl)c(Cl)ccc13)CCOC2. The maximum Gasteiger partial charge on any atom is 0.0928 e. The first-order chi connectivity index (χ1) is 8.72. The number of fused-ring (bicyclic) bond motifs is 2. The number of aromatic nitrogens is 1. The molecule has 3 rings (SSSR count). The third kappa shape index (κ3) is 1.73. The van der Waals surface area contributed by atoms with Crippen LogP contribution in [0.15, 0.2) is 12.1 Å². The topological polar surface area (TPSA) is 60.2 Å². The standard InChI is InChI=1S/C12H11Cl2N3O/c13-8-2-1-6-11(17-15)7-5-18-4-3-9(7)16-12(6)10(8)14/h1-2H,3-5,15H2,(H,16,17). The molecule has 0 saturated heterocycles. The summed E-state index contributed by atoms with van der Waals surface area (Å²) in [6.45, 7) is 1.17. The Morgan fingerprint density at radius 2 is 2.17 bits per heavy atom. The van der Waals surface area contributed by atoms with Gasteiger partial charge in [-0.25, -0.2) is 0 Å². The molecular formula is C12H11Cl2N3O. The van der Waals surface area contributed by atoms with E-state index in [1.807, 2.05) is 6.07 Å². The molecule has 2 heterocycles. The minimum Gasteiger partial charge on any atom is -0.376 e. The fourth-order valence-electron chi connectivity index (χ4n) is 2.23. The number of rotatable bonds is 1. The van der Waals surface area contributed by atoms with Crippen LogP contribution in [0.1, 0.15) is 11.3 Å². The van der Waals surface area contributed by atoms with E-state index in [1.54, 1.807) is 6.07 Å². The highest BCUT2D eigenvalue weighted by molar-refractivity contribution is 6.45. The van der Waals surface area contributed by atoms with E-state index in [0.29, 0.717) is 28.8 Å². The monoisotopic (exact) mass is 283 g/mol. The van der Waals surface area contributed by atoms with Crippen molar-refractivity contribution < 1.29 is 4.74 Å². The smallest absolute Gasteiger partial charge is 0.0928 e. The lowest BCUT2D eigenvalue weighted by Crippen LogP contribution is -2.18. The highest BCUT2D eigenvalue weighted by Gasteiger charge is 2.19.